The number of thioether (sulfide) groups is 1. The minimum Gasteiger partial charge on any atom is -0.361 e. The number of aromatic amines is 1. The lowest BCUT2D eigenvalue weighted by Gasteiger charge is -2.39. The lowest BCUT2D eigenvalue weighted by molar-refractivity contribution is -0.245. The van der Waals surface area contributed by atoms with Crippen LogP contribution < -0.4 is 16.0 Å². The molecule has 3 aromatic rings. The van der Waals surface area contributed by atoms with Gasteiger partial charge in [0, 0.05) is 17.5 Å². The molecule has 2 heterocycles. The predicted octanol–water partition coefficient (Wildman–Crippen LogP) is 5.59. The molecule has 0 radical (unpaired) electrons. The first-order valence-corrected chi connectivity index (χ1v) is 17.5. The van der Waals surface area contributed by atoms with Crippen LogP contribution in [0.25, 0.3) is 10.9 Å². The van der Waals surface area contributed by atoms with Crippen LogP contribution in [0.2, 0.25) is 0 Å². The fourth-order valence-electron chi connectivity index (χ4n) is 6.47. The Kier molecular flexibility index (Phi) is 10.8. The highest BCUT2D eigenvalue weighted by atomic mass is 32.2. The summed E-state index contributed by atoms with van der Waals surface area (Å²) in [7, 11) is 0. The molecule has 5 rings (SSSR count). The summed E-state index contributed by atoms with van der Waals surface area (Å²) >= 11 is 0.619. The second-order valence-corrected chi connectivity index (χ2v) is 14.9. The van der Waals surface area contributed by atoms with Gasteiger partial charge >= 0.3 is 12.4 Å². The fourth-order valence-corrected chi connectivity index (χ4v) is 7.77. The molecule has 9 nitrogen and oxygen atoms in total. The van der Waals surface area contributed by atoms with E-state index in [1.54, 1.807) is 33.8 Å². The number of carbonyl (C=O) groups is 3. The lowest BCUT2D eigenvalue weighted by atomic mass is 9.78. The van der Waals surface area contributed by atoms with Crippen LogP contribution in [0.4, 0.5) is 30.7 Å². The number of amides is 3. The van der Waals surface area contributed by atoms with Gasteiger partial charge in [-0.1, -0.05) is 58.0 Å². The SMILES string of the molecule is CC(C)[C@H](NC(=O)Cc1ccccc1F)C(=O)N[C@]1(C(=O)N[C@H](C2=NC(O)(C(F)(F)F)CS2)C(C)C)CCc2[nH]c3c(C(F)(F)F)cccc3c2C1. The quantitative estimate of drug-likeness (QED) is 0.172. The lowest BCUT2D eigenvalue weighted by Crippen LogP contribution is -2.66. The van der Waals surface area contributed by atoms with Crippen LogP contribution in [0.15, 0.2) is 47.5 Å². The summed E-state index contributed by atoms with van der Waals surface area (Å²) in [4.78, 5) is 47.9. The first-order chi connectivity index (χ1) is 24.2. The summed E-state index contributed by atoms with van der Waals surface area (Å²) < 4.78 is 97.0. The maximum absolute atomic E-state index is 14.5. The monoisotopic (exact) mass is 757 g/mol. The Labute approximate surface area is 298 Å². The minimum atomic E-state index is -5.09. The van der Waals surface area contributed by atoms with Gasteiger partial charge in [0.2, 0.25) is 17.7 Å². The van der Waals surface area contributed by atoms with Gasteiger partial charge in [0.15, 0.2) is 0 Å². The number of nitrogens with one attached hydrogen (secondary N) is 4. The van der Waals surface area contributed by atoms with Crippen molar-refractivity contribution in [2.24, 2.45) is 16.8 Å². The van der Waals surface area contributed by atoms with Gasteiger partial charge in [0.1, 0.15) is 17.4 Å². The highest BCUT2D eigenvalue weighted by Gasteiger charge is 2.58. The van der Waals surface area contributed by atoms with Crippen molar-refractivity contribution in [1.82, 2.24) is 20.9 Å². The van der Waals surface area contributed by atoms with Crippen molar-refractivity contribution < 1.29 is 50.2 Å². The van der Waals surface area contributed by atoms with Crippen molar-refractivity contribution in [2.75, 3.05) is 5.75 Å². The Balaban J connectivity index is 1.51. The number of aryl methyl sites for hydroxylation is 1. The summed E-state index contributed by atoms with van der Waals surface area (Å²) in [6, 6.07) is 6.79. The number of halogens is 7. The van der Waals surface area contributed by atoms with Crippen molar-refractivity contribution in [2.45, 2.75) is 89.1 Å². The van der Waals surface area contributed by atoms with E-state index in [0.717, 1.165) is 6.07 Å². The number of rotatable bonds is 10. The number of benzene rings is 2. The molecule has 5 N–H and O–H groups in total. The third kappa shape index (κ3) is 7.80. The number of alkyl halides is 6. The van der Waals surface area contributed by atoms with Crippen molar-refractivity contribution in [3.05, 3.63) is 70.7 Å². The number of hydrogen-bond donors (Lipinski definition) is 5. The zero-order chi connectivity index (χ0) is 38.4. The molecule has 0 bridgehead atoms. The maximum atomic E-state index is 14.5. The van der Waals surface area contributed by atoms with Crippen LogP contribution in [0.5, 0.6) is 0 Å². The molecule has 1 unspecified atom stereocenters. The topological polar surface area (TPSA) is 136 Å². The molecule has 0 saturated heterocycles. The average Bonchev–Trinajstić information content (AvgIpc) is 3.63. The average molecular weight is 758 g/mol. The number of carbonyl (C=O) groups excluding carboxylic acids is 3. The predicted molar refractivity (Wildman–Crippen MR) is 181 cm³/mol. The zero-order valence-electron chi connectivity index (χ0n) is 28.6. The second kappa shape index (κ2) is 14.4. The van der Waals surface area contributed by atoms with Gasteiger partial charge in [-0.25, -0.2) is 9.38 Å². The van der Waals surface area contributed by atoms with Crippen molar-refractivity contribution in [1.29, 1.82) is 0 Å². The van der Waals surface area contributed by atoms with E-state index in [4.69, 9.17) is 0 Å². The number of aliphatic imine (C=N–C) groups is 1. The summed E-state index contributed by atoms with van der Waals surface area (Å²) in [5.41, 5.74) is -5.55. The Hall–Kier alpha value is -4.12. The highest BCUT2D eigenvalue weighted by molar-refractivity contribution is 8.14. The number of H-pyrrole nitrogens is 1. The van der Waals surface area contributed by atoms with Crippen LogP contribution in [0.1, 0.15) is 56.5 Å². The molecule has 2 aliphatic rings. The Morgan fingerprint density at radius 3 is 2.27 bits per heavy atom. The van der Waals surface area contributed by atoms with E-state index in [1.165, 1.54) is 30.3 Å². The number of para-hydroxylation sites is 1. The maximum Gasteiger partial charge on any atom is 0.439 e. The van der Waals surface area contributed by atoms with Crippen molar-refractivity contribution in [3.8, 4) is 0 Å². The van der Waals surface area contributed by atoms with Crippen LogP contribution in [0, 0.1) is 17.7 Å². The third-order valence-electron chi connectivity index (χ3n) is 9.38. The molecular formula is C35H38F7N5O4S. The molecule has 1 aliphatic heterocycles. The largest absolute Gasteiger partial charge is 0.439 e. The fraction of sp³-hybridized carbons (Fsp3) is 0.486. The second-order valence-electron chi connectivity index (χ2n) is 13.9. The molecular weight excluding hydrogens is 719 g/mol. The zero-order valence-corrected chi connectivity index (χ0v) is 29.4. The molecule has 4 atom stereocenters. The van der Waals surface area contributed by atoms with Crippen LogP contribution >= 0.6 is 11.8 Å². The minimum absolute atomic E-state index is 0.00311. The third-order valence-corrected chi connectivity index (χ3v) is 10.6. The van der Waals surface area contributed by atoms with E-state index in [-0.39, 0.29) is 40.8 Å². The number of aliphatic hydroxyl groups is 1. The van der Waals surface area contributed by atoms with Gasteiger partial charge in [0.05, 0.1) is 34.3 Å². The van der Waals surface area contributed by atoms with E-state index in [2.05, 4.69) is 25.9 Å². The first-order valence-electron chi connectivity index (χ1n) is 16.5. The Morgan fingerprint density at radius 2 is 1.67 bits per heavy atom. The van der Waals surface area contributed by atoms with E-state index < -0.39 is 88.8 Å². The Bertz CT molecular complexity index is 1890. The summed E-state index contributed by atoms with van der Waals surface area (Å²) in [6.45, 7) is 6.48. The molecule has 2 aromatic carbocycles. The molecule has 1 aromatic heterocycles. The smallest absolute Gasteiger partial charge is 0.361 e. The number of aromatic nitrogens is 1. The van der Waals surface area contributed by atoms with Crippen molar-refractivity contribution in [3.63, 3.8) is 0 Å². The van der Waals surface area contributed by atoms with E-state index >= 15 is 0 Å². The standard InChI is InChI=1S/C35H38F7N5O4S/c1-17(2)26(44-25(48)14-19-8-5-6-11-23(19)36)29(49)46-32(31(50)45-27(18(3)4)30-47-33(51,16-52-30)35(40,41)42)13-12-24-21(15-32)20-9-7-10-22(28(20)43-24)34(37,38)39/h5-11,17-18,26-27,43,51H,12-16H2,1-4H3,(H,44,48)(H,45,50)(H,46,49)/t26-,27-,32+,33?/m0/s1. The van der Waals surface area contributed by atoms with Gasteiger partial charge in [-0.3, -0.25) is 14.4 Å². The van der Waals surface area contributed by atoms with Gasteiger partial charge < -0.3 is 26.0 Å². The molecule has 0 spiro atoms. The van der Waals surface area contributed by atoms with E-state index in [1.807, 2.05) is 0 Å². The van der Waals surface area contributed by atoms with Gasteiger partial charge in [-0.05, 0) is 47.9 Å². The summed E-state index contributed by atoms with van der Waals surface area (Å²) in [5, 5.41) is 18.2. The molecule has 3 amide bonds. The number of fused-ring (bicyclic) bond motifs is 3. The number of nitrogens with zero attached hydrogens (tertiary/aromatic N) is 1. The van der Waals surface area contributed by atoms with Crippen LogP contribution in [-0.2, 0) is 39.8 Å². The van der Waals surface area contributed by atoms with Gasteiger partial charge in [0.25, 0.3) is 5.72 Å². The van der Waals surface area contributed by atoms with E-state index in [9.17, 15) is 50.2 Å². The van der Waals surface area contributed by atoms with Gasteiger partial charge in [-0.2, -0.15) is 26.3 Å². The van der Waals surface area contributed by atoms with Crippen molar-refractivity contribution >= 4 is 45.4 Å². The highest BCUT2D eigenvalue weighted by Crippen LogP contribution is 2.42. The molecule has 0 saturated carbocycles. The van der Waals surface area contributed by atoms with Crippen LogP contribution in [0.3, 0.4) is 0 Å². The Morgan fingerprint density at radius 1 is 0.981 bits per heavy atom. The van der Waals surface area contributed by atoms with E-state index in [0.29, 0.717) is 23.0 Å². The number of hydrogen-bond acceptors (Lipinski definition) is 6. The molecule has 52 heavy (non-hydrogen) atoms. The van der Waals surface area contributed by atoms with Crippen LogP contribution in [-0.4, -0.2) is 68.1 Å². The summed E-state index contributed by atoms with van der Waals surface area (Å²) in [6.07, 6.45) is -10.6. The molecule has 1 aliphatic carbocycles. The summed E-state index contributed by atoms with van der Waals surface area (Å²) in [5.74, 6) is -4.92. The molecule has 0 fully saturated rings. The molecule has 17 heteroatoms. The normalized spacial score (nSPS) is 21.8. The molecule has 282 valence electrons. The van der Waals surface area contributed by atoms with Gasteiger partial charge in [-0.15, -0.1) is 11.8 Å². The first kappa shape index (κ1) is 39.1.